The molecule has 8 nitrogen and oxygen atoms in total. The van der Waals surface area contributed by atoms with Gasteiger partial charge in [0.2, 0.25) is 0 Å². The number of aromatic hydroxyl groups is 3. The lowest BCUT2D eigenvalue weighted by Gasteiger charge is -2.14. The van der Waals surface area contributed by atoms with E-state index in [0.717, 1.165) is 18.2 Å². The van der Waals surface area contributed by atoms with E-state index in [1.165, 1.54) is 0 Å². The Morgan fingerprint density at radius 1 is 0.895 bits per heavy atom. The van der Waals surface area contributed by atoms with E-state index in [0.29, 0.717) is 0 Å². The van der Waals surface area contributed by atoms with Gasteiger partial charge in [0, 0.05) is 0 Å². The third-order valence-electron chi connectivity index (χ3n) is 2.35. The Balaban J connectivity index is 2.43. The summed E-state index contributed by atoms with van der Waals surface area (Å²) >= 11 is 0. The Kier molecular flexibility index (Phi) is 2.83. The number of barbiturate groups is 1. The van der Waals surface area contributed by atoms with Crippen molar-refractivity contribution in [3.63, 3.8) is 0 Å². The van der Waals surface area contributed by atoms with Crippen molar-refractivity contribution in [3.8, 4) is 17.2 Å². The number of carbonyl (C=O) groups is 3. The predicted octanol–water partition coefficient (Wildman–Crippen LogP) is -0.447. The Hall–Kier alpha value is -3.03. The van der Waals surface area contributed by atoms with Gasteiger partial charge in [-0.25, -0.2) is 4.79 Å². The van der Waals surface area contributed by atoms with E-state index in [9.17, 15) is 24.6 Å². The molecule has 1 aliphatic heterocycles. The van der Waals surface area contributed by atoms with Gasteiger partial charge in [0.1, 0.15) is 5.57 Å². The van der Waals surface area contributed by atoms with Crippen molar-refractivity contribution in [1.29, 1.82) is 0 Å². The second kappa shape index (κ2) is 4.33. The van der Waals surface area contributed by atoms with Crippen molar-refractivity contribution in [1.82, 2.24) is 10.6 Å². The van der Waals surface area contributed by atoms with Gasteiger partial charge in [0.05, 0.1) is 0 Å². The van der Waals surface area contributed by atoms with Crippen LogP contribution in [0.2, 0.25) is 0 Å². The fraction of sp³-hybridized carbons (Fsp3) is 0. The summed E-state index contributed by atoms with van der Waals surface area (Å²) in [5.41, 5.74) is -0.272. The van der Waals surface area contributed by atoms with Gasteiger partial charge in [-0.05, 0) is 23.8 Å². The molecule has 2 rings (SSSR count). The lowest BCUT2D eigenvalue weighted by molar-refractivity contribution is -0.123. The van der Waals surface area contributed by atoms with E-state index < -0.39 is 35.1 Å². The molecule has 98 valence electrons. The second-order valence-corrected chi connectivity index (χ2v) is 3.70. The smallest absolute Gasteiger partial charge is 0.328 e. The summed E-state index contributed by atoms with van der Waals surface area (Å²) in [6.45, 7) is 0. The van der Waals surface area contributed by atoms with Crippen LogP contribution in [0.15, 0.2) is 17.7 Å². The highest BCUT2D eigenvalue weighted by atomic mass is 16.3. The van der Waals surface area contributed by atoms with Crippen LogP contribution in [0.4, 0.5) is 4.79 Å². The average molecular weight is 264 g/mol. The number of benzene rings is 1. The van der Waals surface area contributed by atoms with E-state index in [-0.39, 0.29) is 11.1 Å². The van der Waals surface area contributed by atoms with Crippen molar-refractivity contribution in [2.75, 3.05) is 0 Å². The van der Waals surface area contributed by atoms with Gasteiger partial charge < -0.3 is 15.3 Å². The average Bonchev–Trinajstić information content (AvgIpc) is 2.30. The van der Waals surface area contributed by atoms with Crippen molar-refractivity contribution >= 4 is 23.9 Å². The number of hydrogen-bond donors (Lipinski definition) is 5. The zero-order chi connectivity index (χ0) is 14.2. The minimum atomic E-state index is -0.927. The number of amides is 4. The van der Waals surface area contributed by atoms with E-state index in [1.807, 2.05) is 10.6 Å². The molecule has 0 saturated carbocycles. The third-order valence-corrected chi connectivity index (χ3v) is 2.35. The van der Waals surface area contributed by atoms with Crippen LogP contribution in [0.3, 0.4) is 0 Å². The number of urea groups is 1. The number of nitrogens with one attached hydrogen (secondary N) is 2. The molecular weight excluding hydrogens is 256 g/mol. The molecule has 0 spiro atoms. The number of hydrogen-bond acceptors (Lipinski definition) is 6. The molecule has 0 bridgehead atoms. The van der Waals surface area contributed by atoms with Gasteiger partial charge in [-0.15, -0.1) is 0 Å². The maximum absolute atomic E-state index is 11.4. The first-order chi connectivity index (χ1) is 8.88. The highest BCUT2D eigenvalue weighted by Gasteiger charge is 2.27. The molecule has 1 aromatic rings. The number of phenols is 3. The number of rotatable bonds is 1. The first-order valence-electron chi connectivity index (χ1n) is 5.02. The normalized spacial score (nSPS) is 14.9. The van der Waals surface area contributed by atoms with Crippen LogP contribution in [0.5, 0.6) is 17.2 Å². The molecule has 0 unspecified atom stereocenters. The maximum atomic E-state index is 11.4. The molecule has 1 aromatic carbocycles. The van der Waals surface area contributed by atoms with Crippen LogP contribution < -0.4 is 10.6 Å². The van der Waals surface area contributed by atoms with Gasteiger partial charge in [0.15, 0.2) is 17.2 Å². The van der Waals surface area contributed by atoms with Gasteiger partial charge >= 0.3 is 6.03 Å². The zero-order valence-corrected chi connectivity index (χ0v) is 9.30. The monoisotopic (exact) mass is 264 g/mol. The molecule has 1 saturated heterocycles. The topological polar surface area (TPSA) is 136 Å². The van der Waals surface area contributed by atoms with E-state index >= 15 is 0 Å². The molecule has 1 fully saturated rings. The summed E-state index contributed by atoms with van der Waals surface area (Å²) in [5, 5.41) is 31.5. The molecular formula is C11H8N2O6. The highest BCUT2D eigenvalue weighted by molar-refractivity contribution is 6.31. The molecule has 0 aliphatic carbocycles. The number of imide groups is 2. The molecule has 1 heterocycles. The van der Waals surface area contributed by atoms with Crippen LogP contribution in [0.1, 0.15) is 5.56 Å². The Bertz CT molecular complexity index is 589. The lowest BCUT2D eigenvalue weighted by atomic mass is 10.1. The molecule has 0 radical (unpaired) electrons. The van der Waals surface area contributed by atoms with Crippen molar-refractivity contribution in [2.45, 2.75) is 0 Å². The fourth-order valence-electron chi connectivity index (χ4n) is 1.48. The van der Waals surface area contributed by atoms with Gasteiger partial charge in [-0.3, -0.25) is 20.2 Å². The van der Waals surface area contributed by atoms with E-state index in [2.05, 4.69) is 0 Å². The first-order valence-corrected chi connectivity index (χ1v) is 5.02. The van der Waals surface area contributed by atoms with Crippen molar-refractivity contribution in [2.24, 2.45) is 0 Å². The predicted molar refractivity (Wildman–Crippen MR) is 61.1 cm³/mol. The zero-order valence-electron chi connectivity index (χ0n) is 9.30. The molecule has 19 heavy (non-hydrogen) atoms. The minimum absolute atomic E-state index is 0.0995. The van der Waals surface area contributed by atoms with E-state index in [4.69, 9.17) is 5.11 Å². The largest absolute Gasteiger partial charge is 0.504 e. The van der Waals surface area contributed by atoms with Crippen molar-refractivity contribution in [3.05, 3.63) is 23.3 Å². The van der Waals surface area contributed by atoms with E-state index in [1.54, 1.807) is 0 Å². The van der Waals surface area contributed by atoms with Gasteiger partial charge in [-0.1, -0.05) is 0 Å². The first kappa shape index (κ1) is 12.4. The summed E-state index contributed by atoms with van der Waals surface area (Å²) in [5.74, 6) is -3.74. The van der Waals surface area contributed by atoms with Crippen LogP contribution in [0.25, 0.3) is 6.08 Å². The molecule has 0 atom stereocenters. The quantitative estimate of drug-likeness (QED) is 0.265. The fourth-order valence-corrected chi connectivity index (χ4v) is 1.48. The molecule has 4 amide bonds. The maximum Gasteiger partial charge on any atom is 0.328 e. The standard InChI is InChI=1S/C11H8N2O6/c14-6-2-4(3-7(15)8(6)16)1-5-9(17)12-11(19)13-10(5)18/h1-3,14-16H,(H2,12,13,17,18,19). The van der Waals surface area contributed by atoms with Gasteiger partial charge in [-0.2, -0.15) is 0 Å². The summed E-state index contributed by atoms with van der Waals surface area (Å²) < 4.78 is 0. The Morgan fingerprint density at radius 3 is 1.84 bits per heavy atom. The second-order valence-electron chi connectivity index (χ2n) is 3.70. The lowest BCUT2D eigenvalue weighted by Crippen LogP contribution is -2.51. The number of phenolic OH excluding ortho intramolecular Hbond substituents is 3. The summed E-state index contributed by atoms with van der Waals surface area (Å²) in [6.07, 6.45) is 1.05. The van der Waals surface area contributed by atoms with Crippen LogP contribution >= 0.6 is 0 Å². The SMILES string of the molecule is O=C1NC(=O)C(=Cc2cc(O)c(O)c(O)c2)C(=O)N1. The highest BCUT2D eigenvalue weighted by Crippen LogP contribution is 2.36. The molecule has 8 heteroatoms. The molecule has 5 N–H and O–H groups in total. The van der Waals surface area contributed by atoms with Crippen LogP contribution in [0, 0.1) is 0 Å². The Labute approximate surface area is 106 Å². The van der Waals surface area contributed by atoms with Crippen LogP contribution in [-0.2, 0) is 9.59 Å². The number of carbonyl (C=O) groups excluding carboxylic acids is 3. The summed E-state index contributed by atoms with van der Waals surface area (Å²) in [7, 11) is 0. The van der Waals surface area contributed by atoms with Gasteiger partial charge in [0.25, 0.3) is 11.8 Å². The van der Waals surface area contributed by atoms with Crippen LogP contribution in [-0.4, -0.2) is 33.2 Å². The molecule has 0 aromatic heterocycles. The third kappa shape index (κ3) is 2.32. The van der Waals surface area contributed by atoms with Crippen molar-refractivity contribution < 1.29 is 29.7 Å². The molecule has 1 aliphatic rings. The Morgan fingerprint density at radius 2 is 1.37 bits per heavy atom. The minimum Gasteiger partial charge on any atom is -0.504 e. The summed E-state index contributed by atoms with van der Waals surface area (Å²) in [4.78, 5) is 33.7. The summed E-state index contributed by atoms with van der Waals surface area (Å²) in [6, 6.07) is 1.15.